The molecule has 0 saturated heterocycles. The van der Waals surface area contributed by atoms with Crippen LogP contribution in [0, 0.1) is 29.6 Å². The minimum Gasteiger partial charge on any atom is -0.489 e. The SMILES string of the molecule is O=C(O)c1ccc(OCc2ccccc2)c(C23CC4CC(CC(C4)C2)C3)c1C#Cc1ccccc1. The van der Waals surface area contributed by atoms with Crippen molar-refractivity contribution in [3.05, 3.63) is 101 Å². The molecule has 35 heavy (non-hydrogen) atoms. The predicted molar refractivity (Wildman–Crippen MR) is 136 cm³/mol. The lowest BCUT2D eigenvalue weighted by molar-refractivity contribution is -0.00662. The van der Waals surface area contributed by atoms with Crippen LogP contribution in [-0.4, -0.2) is 11.1 Å². The zero-order valence-electron chi connectivity index (χ0n) is 19.9. The fourth-order valence-corrected chi connectivity index (χ4v) is 7.35. The highest BCUT2D eigenvalue weighted by atomic mass is 16.5. The first-order chi connectivity index (χ1) is 17.1. The normalized spacial score (nSPS) is 26.1. The first-order valence-corrected chi connectivity index (χ1v) is 12.7. The first-order valence-electron chi connectivity index (χ1n) is 12.7. The summed E-state index contributed by atoms with van der Waals surface area (Å²) in [6, 6.07) is 23.5. The lowest BCUT2D eigenvalue weighted by Crippen LogP contribution is -2.49. The third-order valence-electron chi connectivity index (χ3n) is 8.31. The van der Waals surface area contributed by atoms with Crippen LogP contribution < -0.4 is 4.74 Å². The van der Waals surface area contributed by atoms with Crippen LogP contribution in [-0.2, 0) is 12.0 Å². The minimum absolute atomic E-state index is 0.0487. The Labute approximate surface area is 207 Å². The summed E-state index contributed by atoms with van der Waals surface area (Å²) in [5, 5.41) is 10.2. The van der Waals surface area contributed by atoms with Crippen molar-refractivity contribution in [1.29, 1.82) is 0 Å². The highest BCUT2D eigenvalue weighted by Crippen LogP contribution is 2.62. The van der Waals surface area contributed by atoms with Gasteiger partial charge in [0.15, 0.2) is 0 Å². The van der Waals surface area contributed by atoms with E-state index in [2.05, 4.69) is 24.0 Å². The molecule has 4 aliphatic carbocycles. The Balaban J connectivity index is 1.50. The molecule has 4 aliphatic rings. The van der Waals surface area contributed by atoms with E-state index in [9.17, 15) is 9.90 Å². The molecule has 4 fully saturated rings. The molecular weight excluding hydrogens is 432 g/mol. The van der Waals surface area contributed by atoms with Gasteiger partial charge in [-0.1, -0.05) is 60.4 Å². The fraction of sp³-hybridized carbons (Fsp3) is 0.344. The monoisotopic (exact) mass is 462 g/mol. The van der Waals surface area contributed by atoms with Crippen molar-refractivity contribution in [2.24, 2.45) is 17.8 Å². The molecule has 4 bridgehead atoms. The molecule has 0 atom stereocenters. The van der Waals surface area contributed by atoms with Crippen molar-refractivity contribution < 1.29 is 14.6 Å². The summed E-state index contributed by atoms with van der Waals surface area (Å²) >= 11 is 0. The van der Waals surface area contributed by atoms with E-state index < -0.39 is 5.97 Å². The molecule has 3 aromatic carbocycles. The van der Waals surface area contributed by atoms with E-state index in [1.54, 1.807) is 6.07 Å². The standard InChI is InChI=1S/C32H30O3/c33-31(34)28-13-14-29(35-21-23-9-5-2-6-10-23)30(27(28)12-11-22-7-3-1-4-8-22)32-18-24-15-25(19-32)17-26(16-24)20-32/h1-10,13-14,24-26H,15-21H2,(H,33,34). The third kappa shape index (κ3) is 4.23. The third-order valence-corrected chi connectivity index (χ3v) is 8.31. The molecule has 4 saturated carbocycles. The van der Waals surface area contributed by atoms with Gasteiger partial charge in [0.25, 0.3) is 0 Å². The average molecular weight is 463 g/mol. The molecule has 0 amide bonds. The molecule has 0 spiro atoms. The number of rotatable bonds is 5. The van der Waals surface area contributed by atoms with E-state index in [1.807, 2.05) is 54.6 Å². The van der Waals surface area contributed by atoms with Gasteiger partial charge < -0.3 is 9.84 Å². The lowest BCUT2D eigenvalue weighted by atomic mass is 9.47. The summed E-state index contributed by atoms with van der Waals surface area (Å²) in [6.45, 7) is 0.457. The summed E-state index contributed by atoms with van der Waals surface area (Å²) in [5.41, 5.74) is 3.92. The lowest BCUT2D eigenvalue weighted by Gasteiger charge is -2.57. The highest BCUT2D eigenvalue weighted by molar-refractivity contribution is 5.92. The maximum Gasteiger partial charge on any atom is 0.336 e. The maximum atomic E-state index is 12.4. The number of benzene rings is 3. The zero-order chi connectivity index (χ0) is 23.8. The molecule has 3 aromatic rings. The minimum atomic E-state index is -0.928. The molecular formula is C32H30O3. The van der Waals surface area contributed by atoms with Gasteiger partial charge in [-0.25, -0.2) is 4.79 Å². The molecule has 7 rings (SSSR count). The van der Waals surface area contributed by atoms with E-state index in [0.29, 0.717) is 12.2 Å². The molecule has 176 valence electrons. The van der Waals surface area contributed by atoms with Crippen LogP contribution in [0.15, 0.2) is 72.8 Å². The predicted octanol–water partition coefficient (Wildman–Crippen LogP) is 6.83. The fourth-order valence-electron chi connectivity index (χ4n) is 7.35. The highest BCUT2D eigenvalue weighted by Gasteiger charge is 2.53. The van der Waals surface area contributed by atoms with Gasteiger partial charge in [0, 0.05) is 22.1 Å². The molecule has 0 unspecified atom stereocenters. The summed E-state index contributed by atoms with van der Waals surface area (Å²) in [4.78, 5) is 12.4. The molecule has 0 aliphatic heterocycles. The topological polar surface area (TPSA) is 46.5 Å². The van der Waals surface area contributed by atoms with Gasteiger partial charge in [0.2, 0.25) is 0 Å². The van der Waals surface area contributed by atoms with Gasteiger partial charge in [-0.2, -0.15) is 0 Å². The molecule has 0 radical (unpaired) electrons. The number of hydrogen-bond acceptors (Lipinski definition) is 2. The van der Waals surface area contributed by atoms with Crippen molar-refractivity contribution >= 4 is 5.97 Å². The van der Waals surface area contributed by atoms with Crippen LogP contribution in [0.3, 0.4) is 0 Å². The van der Waals surface area contributed by atoms with E-state index in [-0.39, 0.29) is 11.0 Å². The van der Waals surface area contributed by atoms with E-state index in [1.165, 1.54) is 19.3 Å². The second-order valence-electron chi connectivity index (χ2n) is 10.8. The number of carbonyl (C=O) groups is 1. The van der Waals surface area contributed by atoms with Crippen molar-refractivity contribution in [2.45, 2.75) is 50.5 Å². The van der Waals surface area contributed by atoms with Crippen LogP contribution in [0.4, 0.5) is 0 Å². The van der Waals surface area contributed by atoms with Gasteiger partial charge in [-0.3, -0.25) is 0 Å². The van der Waals surface area contributed by atoms with Crippen LogP contribution in [0.25, 0.3) is 0 Å². The second-order valence-corrected chi connectivity index (χ2v) is 10.8. The van der Waals surface area contributed by atoms with Crippen molar-refractivity contribution in [3.63, 3.8) is 0 Å². The Morgan fingerprint density at radius 1 is 0.829 bits per heavy atom. The van der Waals surface area contributed by atoms with Gasteiger partial charge in [0.1, 0.15) is 12.4 Å². The number of aromatic carboxylic acids is 1. The summed E-state index contributed by atoms with van der Waals surface area (Å²) in [5.74, 6) is 8.65. The van der Waals surface area contributed by atoms with Crippen LogP contribution in [0.5, 0.6) is 5.75 Å². The van der Waals surface area contributed by atoms with Gasteiger partial charge >= 0.3 is 5.97 Å². The molecule has 1 N–H and O–H groups in total. The van der Waals surface area contributed by atoms with Gasteiger partial charge in [-0.15, -0.1) is 0 Å². The maximum absolute atomic E-state index is 12.4. The van der Waals surface area contributed by atoms with E-state index in [4.69, 9.17) is 4.74 Å². The Morgan fingerprint density at radius 2 is 1.43 bits per heavy atom. The van der Waals surface area contributed by atoms with Crippen LogP contribution in [0.2, 0.25) is 0 Å². The summed E-state index contributed by atoms with van der Waals surface area (Å²) in [7, 11) is 0. The zero-order valence-corrected chi connectivity index (χ0v) is 19.9. The van der Waals surface area contributed by atoms with Crippen LogP contribution >= 0.6 is 0 Å². The smallest absolute Gasteiger partial charge is 0.336 e. The quantitative estimate of drug-likeness (QED) is 0.423. The van der Waals surface area contributed by atoms with Crippen molar-refractivity contribution in [3.8, 4) is 17.6 Å². The number of ether oxygens (including phenoxy) is 1. The average Bonchev–Trinajstić information content (AvgIpc) is 2.86. The number of carboxylic acid groups (broad SMARTS) is 1. The largest absolute Gasteiger partial charge is 0.489 e. The van der Waals surface area contributed by atoms with E-state index in [0.717, 1.165) is 59.5 Å². The summed E-state index contributed by atoms with van der Waals surface area (Å²) in [6.07, 6.45) is 7.31. The number of hydrogen-bond donors (Lipinski definition) is 1. The first kappa shape index (κ1) is 22.0. The van der Waals surface area contributed by atoms with E-state index >= 15 is 0 Å². The Kier molecular flexibility index (Phi) is 5.61. The molecule has 3 heteroatoms. The molecule has 3 nitrogen and oxygen atoms in total. The Bertz CT molecular complexity index is 1260. The molecule has 0 aromatic heterocycles. The van der Waals surface area contributed by atoms with Crippen molar-refractivity contribution in [1.82, 2.24) is 0 Å². The van der Waals surface area contributed by atoms with Gasteiger partial charge in [-0.05, 0) is 86.1 Å². The second kappa shape index (κ2) is 8.93. The molecule has 0 heterocycles. The number of carboxylic acids is 1. The Hall–Kier alpha value is -3.51. The van der Waals surface area contributed by atoms with Crippen LogP contribution in [0.1, 0.15) is 71.1 Å². The summed E-state index contributed by atoms with van der Waals surface area (Å²) < 4.78 is 6.48. The van der Waals surface area contributed by atoms with Crippen molar-refractivity contribution in [2.75, 3.05) is 0 Å². The van der Waals surface area contributed by atoms with Gasteiger partial charge in [0.05, 0.1) is 5.56 Å². The Morgan fingerprint density at radius 3 is 2.03 bits per heavy atom.